The smallest absolute Gasteiger partial charge is 0.252 e. The first-order chi connectivity index (χ1) is 7.49. The zero-order chi connectivity index (χ0) is 12.1. The number of hydrogen-bond acceptors (Lipinski definition) is 3. The van der Waals surface area contributed by atoms with Crippen molar-refractivity contribution in [3.05, 3.63) is 34.2 Å². The van der Waals surface area contributed by atoms with E-state index in [0.29, 0.717) is 11.3 Å². The summed E-state index contributed by atoms with van der Waals surface area (Å²) in [7, 11) is -0.945. The van der Waals surface area contributed by atoms with Crippen LogP contribution in [0.15, 0.2) is 23.1 Å². The fourth-order valence-electron chi connectivity index (χ4n) is 1.25. The van der Waals surface area contributed by atoms with Crippen molar-refractivity contribution >= 4 is 16.7 Å². The molecule has 2 atom stereocenters. The first-order valence-electron chi connectivity index (χ1n) is 4.78. The van der Waals surface area contributed by atoms with Crippen LogP contribution in [0.5, 0.6) is 0 Å². The summed E-state index contributed by atoms with van der Waals surface area (Å²) in [6.45, 7) is 1.78. The van der Waals surface area contributed by atoms with Crippen LogP contribution < -0.4 is 10.9 Å². The van der Waals surface area contributed by atoms with E-state index < -0.39 is 10.8 Å². The molecule has 1 aromatic rings. The summed E-state index contributed by atoms with van der Waals surface area (Å²) in [6.07, 6.45) is 2.94. The third kappa shape index (κ3) is 3.98. The molecule has 0 aliphatic rings. The van der Waals surface area contributed by atoms with Crippen molar-refractivity contribution in [1.29, 1.82) is 0 Å². The molecule has 2 unspecified atom stereocenters. The first kappa shape index (κ1) is 12.6. The standard InChI is InChI=1S/C10H14N2O3S/c1-7(6-16(2)15)12-10(14)8-3-4-9(13)11-5-8/h3-5,7H,6H2,1-2H3,(H,11,13)(H,12,14). The number of aromatic nitrogens is 1. The second kappa shape index (κ2) is 5.60. The highest BCUT2D eigenvalue weighted by molar-refractivity contribution is 7.84. The molecule has 0 saturated carbocycles. The molecule has 1 aromatic heterocycles. The van der Waals surface area contributed by atoms with Crippen molar-refractivity contribution in [3.8, 4) is 0 Å². The number of amides is 1. The molecule has 0 radical (unpaired) electrons. The molecule has 1 heterocycles. The van der Waals surface area contributed by atoms with Crippen LogP contribution in [0.4, 0.5) is 0 Å². The predicted molar refractivity (Wildman–Crippen MR) is 62.9 cm³/mol. The average molecular weight is 242 g/mol. The second-order valence-corrected chi connectivity index (χ2v) is 5.04. The number of nitrogens with one attached hydrogen (secondary N) is 2. The summed E-state index contributed by atoms with van der Waals surface area (Å²) < 4.78 is 10.9. The van der Waals surface area contributed by atoms with Crippen LogP contribution in [0.1, 0.15) is 17.3 Å². The van der Waals surface area contributed by atoms with Gasteiger partial charge in [0.2, 0.25) is 5.56 Å². The fraction of sp³-hybridized carbons (Fsp3) is 0.400. The van der Waals surface area contributed by atoms with Gasteiger partial charge in [-0.2, -0.15) is 0 Å². The van der Waals surface area contributed by atoms with Gasteiger partial charge in [0.1, 0.15) is 0 Å². The second-order valence-electron chi connectivity index (χ2n) is 3.56. The Morgan fingerprint density at radius 1 is 1.56 bits per heavy atom. The van der Waals surface area contributed by atoms with Crippen LogP contribution in [0.3, 0.4) is 0 Å². The zero-order valence-corrected chi connectivity index (χ0v) is 9.97. The highest BCUT2D eigenvalue weighted by Gasteiger charge is 2.10. The van der Waals surface area contributed by atoms with E-state index in [1.807, 2.05) is 0 Å². The number of hydrogen-bond donors (Lipinski definition) is 2. The maximum atomic E-state index is 11.6. The molecule has 6 heteroatoms. The molecule has 0 fully saturated rings. The number of H-pyrrole nitrogens is 1. The van der Waals surface area contributed by atoms with Gasteiger partial charge < -0.3 is 10.3 Å². The number of rotatable bonds is 4. The number of carbonyl (C=O) groups is 1. The SMILES string of the molecule is CC(CS(C)=O)NC(=O)c1ccc(=O)[nH]c1. The molecule has 16 heavy (non-hydrogen) atoms. The molecule has 0 spiro atoms. The lowest BCUT2D eigenvalue weighted by Crippen LogP contribution is -2.36. The Hall–Kier alpha value is -1.43. The summed E-state index contributed by atoms with van der Waals surface area (Å²) in [4.78, 5) is 24.8. The van der Waals surface area contributed by atoms with Gasteiger partial charge in [0, 0.05) is 41.1 Å². The van der Waals surface area contributed by atoms with Gasteiger partial charge in [-0.25, -0.2) is 0 Å². The molecule has 1 amide bonds. The van der Waals surface area contributed by atoms with Crippen LogP contribution >= 0.6 is 0 Å². The lowest BCUT2D eigenvalue weighted by molar-refractivity contribution is 0.0943. The van der Waals surface area contributed by atoms with Crippen molar-refractivity contribution in [2.24, 2.45) is 0 Å². The number of carbonyl (C=O) groups excluding carboxylic acids is 1. The molecule has 0 aromatic carbocycles. The highest BCUT2D eigenvalue weighted by Crippen LogP contribution is 1.95. The predicted octanol–water partition coefficient (Wildman–Crippen LogP) is -0.128. The van der Waals surface area contributed by atoms with E-state index in [1.54, 1.807) is 13.2 Å². The van der Waals surface area contributed by atoms with Gasteiger partial charge >= 0.3 is 0 Å². The van der Waals surface area contributed by atoms with E-state index in [4.69, 9.17) is 0 Å². The van der Waals surface area contributed by atoms with E-state index >= 15 is 0 Å². The van der Waals surface area contributed by atoms with E-state index in [-0.39, 0.29) is 17.5 Å². The zero-order valence-electron chi connectivity index (χ0n) is 9.15. The Bertz CT molecular complexity index is 435. The van der Waals surface area contributed by atoms with Crippen LogP contribution in [-0.4, -0.2) is 33.2 Å². The fourth-order valence-corrected chi connectivity index (χ4v) is 2.04. The Labute approximate surface area is 95.7 Å². The van der Waals surface area contributed by atoms with Crippen LogP contribution in [0, 0.1) is 0 Å². The molecule has 0 aliphatic carbocycles. The van der Waals surface area contributed by atoms with Crippen molar-refractivity contribution in [3.63, 3.8) is 0 Å². The monoisotopic (exact) mass is 242 g/mol. The summed E-state index contributed by atoms with van der Waals surface area (Å²) in [5, 5.41) is 2.69. The molecular formula is C10H14N2O3S. The average Bonchev–Trinajstić information content (AvgIpc) is 2.16. The Morgan fingerprint density at radius 2 is 2.25 bits per heavy atom. The quantitative estimate of drug-likeness (QED) is 0.772. The Balaban J connectivity index is 2.62. The van der Waals surface area contributed by atoms with Crippen LogP contribution in [0.2, 0.25) is 0 Å². The summed E-state index contributed by atoms with van der Waals surface area (Å²) in [5.41, 5.74) is 0.132. The van der Waals surface area contributed by atoms with Gasteiger partial charge in [-0.3, -0.25) is 13.8 Å². The van der Waals surface area contributed by atoms with Crippen LogP contribution in [0.25, 0.3) is 0 Å². The highest BCUT2D eigenvalue weighted by atomic mass is 32.2. The third-order valence-corrected chi connectivity index (χ3v) is 2.88. The van der Waals surface area contributed by atoms with Gasteiger partial charge in [0.25, 0.3) is 5.91 Å². The van der Waals surface area contributed by atoms with E-state index in [0.717, 1.165) is 0 Å². The number of pyridine rings is 1. The van der Waals surface area contributed by atoms with Gasteiger partial charge in [0.15, 0.2) is 0 Å². The molecular weight excluding hydrogens is 228 g/mol. The molecule has 0 aliphatic heterocycles. The lowest BCUT2D eigenvalue weighted by Gasteiger charge is -2.11. The van der Waals surface area contributed by atoms with Crippen LogP contribution in [-0.2, 0) is 10.8 Å². The van der Waals surface area contributed by atoms with Crippen molar-refractivity contribution in [2.45, 2.75) is 13.0 Å². The molecule has 2 N–H and O–H groups in total. The van der Waals surface area contributed by atoms with Gasteiger partial charge in [-0.15, -0.1) is 0 Å². The minimum atomic E-state index is -0.945. The summed E-state index contributed by atoms with van der Waals surface area (Å²) in [5.74, 6) is 0.129. The van der Waals surface area contributed by atoms with Crippen molar-refractivity contribution in [1.82, 2.24) is 10.3 Å². The topological polar surface area (TPSA) is 79.0 Å². The normalized spacial score (nSPS) is 14.1. The molecule has 88 valence electrons. The summed E-state index contributed by atoms with van der Waals surface area (Å²) in [6, 6.07) is 2.58. The first-order valence-corrected chi connectivity index (χ1v) is 6.51. The van der Waals surface area contributed by atoms with E-state index in [2.05, 4.69) is 10.3 Å². The summed E-state index contributed by atoms with van der Waals surface area (Å²) >= 11 is 0. The Morgan fingerprint density at radius 3 is 2.75 bits per heavy atom. The minimum Gasteiger partial charge on any atom is -0.349 e. The van der Waals surface area contributed by atoms with E-state index in [1.165, 1.54) is 18.3 Å². The molecule has 0 bridgehead atoms. The molecule has 0 saturated heterocycles. The molecule has 5 nitrogen and oxygen atoms in total. The van der Waals surface area contributed by atoms with Gasteiger partial charge in [0.05, 0.1) is 5.56 Å². The maximum absolute atomic E-state index is 11.6. The van der Waals surface area contributed by atoms with Crippen molar-refractivity contribution < 1.29 is 9.00 Å². The number of aromatic amines is 1. The van der Waals surface area contributed by atoms with Gasteiger partial charge in [-0.05, 0) is 13.0 Å². The lowest BCUT2D eigenvalue weighted by atomic mass is 10.2. The van der Waals surface area contributed by atoms with Gasteiger partial charge in [-0.1, -0.05) is 0 Å². The maximum Gasteiger partial charge on any atom is 0.252 e. The van der Waals surface area contributed by atoms with Crippen molar-refractivity contribution in [2.75, 3.05) is 12.0 Å². The molecule has 1 rings (SSSR count). The largest absolute Gasteiger partial charge is 0.349 e. The third-order valence-electron chi connectivity index (χ3n) is 1.91. The van der Waals surface area contributed by atoms with E-state index in [9.17, 15) is 13.8 Å². The minimum absolute atomic E-state index is 0.162. The Kier molecular flexibility index (Phi) is 4.42.